The second-order valence-electron chi connectivity index (χ2n) is 1.92. The first-order valence-corrected chi connectivity index (χ1v) is 2.92. The van der Waals surface area contributed by atoms with Gasteiger partial charge in [-0.1, -0.05) is 0 Å². The molecule has 0 unspecified atom stereocenters. The van der Waals surface area contributed by atoms with Crippen molar-refractivity contribution in [2.45, 2.75) is 6.42 Å². The molecule has 56 valence electrons. The second kappa shape index (κ2) is 2.88. The van der Waals surface area contributed by atoms with Crippen molar-refractivity contribution in [2.24, 2.45) is 0 Å². The standard InChI is InChI=1S/C7H5NO3/c8-3-1-5-2-4-11-6(5)7(9)10/h2,4H,1H2,(H,9,10). The van der Waals surface area contributed by atoms with Crippen molar-refractivity contribution in [3.8, 4) is 6.07 Å². The van der Waals surface area contributed by atoms with Gasteiger partial charge in [-0.25, -0.2) is 4.79 Å². The fourth-order valence-corrected chi connectivity index (χ4v) is 0.748. The molecule has 0 amide bonds. The minimum absolute atomic E-state index is 0.0676. The summed E-state index contributed by atoms with van der Waals surface area (Å²) < 4.78 is 4.63. The lowest BCUT2D eigenvalue weighted by molar-refractivity contribution is 0.0661. The molecular weight excluding hydrogens is 146 g/mol. The Morgan fingerprint density at radius 3 is 3.09 bits per heavy atom. The highest BCUT2D eigenvalue weighted by molar-refractivity contribution is 5.86. The average Bonchev–Trinajstić information content (AvgIpc) is 2.36. The van der Waals surface area contributed by atoms with Gasteiger partial charge in [-0.2, -0.15) is 5.26 Å². The summed E-state index contributed by atoms with van der Waals surface area (Å²) in [6.45, 7) is 0. The summed E-state index contributed by atoms with van der Waals surface area (Å²) in [4.78, 5) is 10.4. The van der Waals surface area contributed by atoms with Gasteiger partial charge in [-0.05, 0) is 6.07 Å². The molecule has 0 aromatic carbocycles. The summed E-state index contributed by atoms with van der Waals surface area (Å²) in [6.07, 6.45) is 1.33. The van der Waals surface area contributed by atoms with E-state index < -0.39 is 5.97 Å². The fraction of sp³-hybridized carbons (Fsp3) is 0.143. The van der Waals surface area contributed by atoms with Crippen LogP contribution in [0.2, 0.25) is 0 Å². The van der Waals surface area contributed by atoms with E-state index in [4.69, 9.17) is 10.4 Å². The van der Waals surface area contributed by atoms with Gasteiger partial charge < -0.3 is 9.52 Å². The number of hydrogen-bond acceptors (Lipinski definition) is 3. The van der Waals surface area contributed by atoms with Crippen LogP contribution in [-0.2, 0) is 6.42 Å². The Morgan fingerprint density at radius 1 is 1.82 bits per heavy atom. The summed E-state index contributed by atoms with van der Waals surface area (Å²) in [5, 5.41) is 16.7. The maximum atomic E-state index is 10.4. The van der Waals surface area contributed by atoms with Crippen molar-refractivity contribution in [2.75, 3.05) is 0 Å². The number of aromatic carboxylic acids is 1. The average molecular weight is 151 g/mol. The zero-order chi connectivity index (χ0) is 8.27. The Morgan fingerprint density at radius 2 is 2.55 bits per heavy atom. The summed E-state index contributed by atoms with van der Waals surface area (Å²) in [5.41, 5.74) is 0.417. The van der Waals surface area contributed by atoms with Gasteiger partial charge in [0.15, 0.2) is 0 Å². The smallest absolute Gasteiger partial charge is 0.372 e. The van der Waals surface area contributed by atoms with E-state index in [0.717, 1.165) is 0 Å². The van der Waals surface area contributed by atoms with Crippen LogP contribution < -0.4 is 0 Å². The summed E-state index contributed by atoms with van der Waals surface area (Å²) in [6, 6.07) is 3.32. The van der Waals surface area contributed by atoms with E-state index >= 15 is 0 Å². The Bertz CT molecular complexity index is 308. The largest absolute Gasteiger partial charge is 0.475 e. The van der Waals surface area contributed by atoms with Crippen molar-refractivity contribution >= 4 is 5.97 Å². The molecule has 0 bridgehead atoms. The van der Waals surface area contributed by atoms with Crippen LogP contribution in [0.15, 0.2) is 16.7 Å². The molecule has 0 saturated carbocycles. The Hall–Kier alpha value is -1.76. The maximum Gasteiger partial charge on any atom is 0.372 e. The van der Waals surface area contributed by atoms with Crippen molar-refractivity contribution in [1.29, 1.82) is 5.26 Å². The van der Waals surface area contributed by atoms with E-state index in [0.29, 0.717) is 5.56 Å². The monoisotopic (exact) mass is 151 g/mol. The van der Waals surface area contributed by atoms with Crippen LogP contribution in [0.5, 0.6) is 0 Å². The molecule has 0 radical (unpaired) electrons. The van der Waals surface area contributed by atoms with Gasteiger partial charge in [0, 0.05) is 5.56 Å². The van der Waals surface area contributed by atoms with E-state index in [9.17, 15) is 4.79 Å². The van der Waals surface area contributed by atoms with Gasteiger partial charge in [0.1, 0.15) is 0 Å². The highest BCUT2D eigenvalue weighted by Crippen LogP contribution is 2.10. The topological polar surface area (TPSA) is 74.2 Å². The molecular formula is C7H5NO3. The van der Waals surface area contributed by atoms with E-state index in [-0.39, 0.29) is 12.2 Å². The van der Waals surface area contributed by atoms with E-state index in [1.807, 2.05) is 6.07 Å². The van der Waals surface area contributed by atoms with Crippen molar-refractivity contribution in [1.82, 2.24) is 0 Å². The van der Waals surface area contributed by atoms with Crippen LogP contribution in [0, 0.1) is 11.3 Å². The van der Waals surface area contributed by atoms with Gasteiger partial charge in [0.2, 0.25) is 5.76 Å². The molecule has 1 aromatic rings. The normalized spacial score (nSPS) is 9.00. The SMILES string of the molecule is N#CCc1ccoc1C(=O)O. The van der Waals surface area contributed by atoms with Crippen molar-refractivity contribution < 1.29 is 14.3 Å². The molecule has 11 heavy (non-hydrogen) atoms. The van der Waals surface area contributed by atoms with Gasteiger partial charge in [-0.3, -0.25) is 0 Å². The Balaban J connectivity index is 2.98. The van der Waals surface area contributed by atoms with Crippen LogP contribution in [0.1, 0.15) is 16.1 Å². The van der Waals surface area contributed by atoms with Crippen molar-refractivity contribution in [3.05, 3.63) is 23.7 Å². The van der Waals surface area contributed by atoms with Gasteiger partial charge in [0.05, 0.1) is 18.8 Å². The van der Waals surface area contributed by atoms with E-state index in [1.165, 1.54) is 12.3 Å². The first-order chi connectivity index (χ1) is 5.25. The summed E-state index contributed by atoms with van der Waals surface area (Å²) >= 11 is 0. The number of carbonyl (C=O) groups is 1. The minimum atomic E-state index is -1.14. The fourth-order valence-electron chi connectivity index (χ4n) is 0.748. The molecule has 0 spiro atoms. The first-order valence-electron chi connectivity index (χ1n) is 2.92. The third-order valence-corrected chi connectivity index (χ3v) is 1.21. The van der Waals surface area contributed by atoms with Gasteiger partial charge in [0.25, 0.3) is 0 Å². The highest BCUT2D eigenvalue weighted by atomic mass is 16.4. The lowest BCUT2D eigenvalue weighted by atomic mass is 10.2. The number of furan rings is 1. The minimum Gasteiger partial charge on any atom is -0.475 e. The second-order valence-corrected chi connectivity index (χ2v) is 1.92. The molecule has 0 saturated heterocycles. The Kier molecular flexibility index (Phi) is 1.93. The quantitative estimate of drug-likeness (QED) is 0.685. The molecule has 1 aromatic heterocycles. The molecule has 4 nitrogen and oxygen atoms in total. The number of hydrogen-bond donors (Lipinski definition) is 1. The van der Waals surface area contributed by atoms with Gasteiger partial charge >= 0.3 is 5.97 Å². The maximum absolute atomic E-state index is 10.4. The molecule has 1 rings (SSSR count). The number of rotatable bonds is 2. The molecule has 4 heteroatoms. The number of carboxylic acid groups (broad SMARTS) is 1. The first kappa shape index (κ1) is 7.35. The zero-order valence-corrected chi connectivity index (χ0v) is 5.57. The summed E-state index contributed by atoms with van der Waals surface area (Å²) in [7, 11) is 0. The lowest BCUT2D eigenvalue weighted by Crippen LogP contribution is -1.97. The molecule has 0 aliphatic carbocycles. The predicted molar refractivity (Wildman–Crippen MR) is 35.0 cm³/mol. The van der Waals surface area contributed by atoms with Crippen LogP contribution in [0.4, 0.5) is 0 Å². The number of carboxylic acids is 1. The van der Waals surface area contributed by atoms with Crippen LogP contribution in [-0.4, -0.2) is 11.1 Å². The Labute approximate surface area is 62.7 Å². The summed E-state index contributed by atoms with van der Waals surface area (Å²) in [5.74, 6) is -1.29. The number of nitriles is 1. The third-order valence-electron chi connectivity index (χ3n) is 1.21. The van der Waals surface area contributed by atoms with Crippen LogP contribution in [0.25, 0.3) is 0 Å². The zero-order valence-electron chi connectivity index (χ0n) is 5.57. The third kappa shape index (κ3) is 1.38. The van der Waals surface area contributed by atoms with Crippen LogP contribution >= 0.6 is 0 Å². The van der Waals surface area contributed by atoms with Crippen LogP contribution in [0.3, 0.4) is 0 Å². The highest BCUT2D eigenvalue weighted by Gasteiger charge is 2.12. The van der Waals surface area contributed by atoms with Crippen molar-refractivity contribution in [3.63, 3.8) is 0 Å². The van der Waals surface area contributed by atoms with Gasteiger partial charge in [-0.15, -0.1) is 0 Å². The molecule has 1 heterocycles. The molecule has 0 fully saturated rings. The molecule has 0 aliphatic rings. The van der Waals surface area contributed by atoms with E-state index in [2.05, 4.69) is 4.42 Å². The molecule has 0 aliphatic heterocycles. The number of nitrogens with zero attached hydrogens (tertiary/aromatic N) is 1. The predicted octanol–water partition coefficient (Wildman–Crippen LogP) is 1.04. The molecule has 0 atom stereocenters. The lowest BCUT2D eigenvalue weighted by Gasteiger charge is -1.88. The van der Waals surface area contributed by atoms with E-state index in [1.54, 1.807) is 0 Å². The molecule has 1 N–H and O–H groups in total.